The molecule has 0 aliphatic carbocycles. The second kappa shape index (κ2) is 11.2. The molecule has 0 heterocycles. The van der Waals surface area contributed by atoms with E-state index in [1.807, 2.05) is 62.6 Å². The van der Waals surface area contributed by atoms with Gasteiger partial charge in [-0.3, -0.25) is 0 Å². The van der Waals surface area contributed by atoms with Gasteiger partial charge in [-0.2, -0.15) is 14.0 Å². The maximum atomic E-state index is 11.1. The molecule has 0 aliphatic heterocycles. The molecule has 2 rings (SSSR count). The molecule has 7 heteroatoms. The van der Waals surface area contributed by atoms with Crippen LogP contribution < -0.4 is 23.8 Å². The Kier molecular flexibility index (Phi) is 8.89. The third-order valence-electron chi connectivity index (χ3n) is 4.79. The van der Waals surface area contributed by atoms with Gasteiger partial charge in [-0.1, -0.05) is 36.4 Å². The van der Waals surface area contributed by atoms with Gasteiger partial charge in [0.1, 0.15) is 0 Å². The van der Waals surface area contributed by atoms with Crippen LogP contribution in [0.25, 0.3) is 12.2 Å². The summed E-state index contributed by atoms with van der Waals surface area (Å²) < 4.78 is 37.9. The number of hydrogen-bond acceptors (Lipinski definition) is 6. The first kappa shape index (κ1) is 23.9. The van der Waals surface area contributed by atoms with Crippen LogP contribution in [0.1, 0.15) is 25.0 Å². The van der Waals surface area contributed by atoms with E-state index < -0.39 is 16.3 Å². The molecule has 0 amide bonds. The van der Waals surface area contributed by atoms with Gasteiger partial charge in [0.25, 0.3) is 6.10 Å². The first-order chi connectivity index (χ1) is 14.2. The zero-order valence-corrected chi connectivity index (χ0v) is 18.6. The molecule has 0 bridgehead atoms. The van der Waals surface area contributed by atoms with Crippen LogP contribution in [0, 0.1) is 10.2 Å². The van der Waals surface area contributed by atoms with Crippen LogP contribution >= 0.6 is 0 Å². The van der Waals surface area contributed by atoms with Crippen molar-refractivity contribution in [1.82, 2.24) is 0 Å². The number of anilines is 2. The average Bonchev–Trinajstić information content (AvgIpc) is 2.74. The molecule has 0 unspecified atom stereocenters. The number of halogens is 1. The van der Waals surface area contributed by atoms with Gasteiger partial charge in [0.05, 0.1) is 14.5 Å². The molecule has 0 radical (unpaired) electrons. The minimum Gasteiger partial charge on any atom is -0.375 e. The first-order valence-electron chi connectivity index (χ1n) is 9.79. The summed E-state index contributed by atoms with van der Waals surface area (Å²) in [5.41, 5.74) is 3.91. The zero-order chi connectivity index (χ0) is 22.1. The number of benzene rings is 2. The second-order valence-corrected chi connectivity index (χ2v) is 7.80. The average molecular weight is 433 g/mol. The Morgan fingerprint density at radius 1 is 0.767 bits per heavy atom. The van der Waals surface area contributed by atoms with Crippen molar-refractivity contribution in [3.05, 3.63) is 71.8 Å². The van der Waals surface area contributed by atoms with Gasteiger partial charge >= 0.3 is 0 Å². The Labute approximate surface area is 181 Å². The molecule has 0 atom stereocenters. The van der Waals surface area contributed by atoms with Crippen molar-refractivity contribution in [2.75, 3.05) is 37.0 Å². The third-order valence-corrected chi connectivity index (χ3v) is 5.21. The topological polar surface area (TPSA) is 84.9 Å². The molecule has 0 saturated heterocycles. The summed E-state index contributed by atoms with van der Waals surface area (Å²) in [7, 11) is -0.542. The molecular weight excluding hydrogens is 404 g/mol. The van der Waals surface area contributed by atoms with Gasteiger partial charge in [-0.15, -0.1) is 0 Å². The van der Waals surface area contributed by atoms with Crippen LogP contribution in [0.3, 0.4) is 0 Å². The largest absolute Gasteiger partial charge is 0.375 e. The number of nitrogens with zero attached hydrogens (tertiary/aromatic N) is 2. The van der Waals surface area contributed by atoms with Crippen molar-refractivity contribution in [2.45, 2.75) is 20.0 Å². The maximum Gasteiger partial charge on any atom is 0.251 e. The Bertz CT molecular complexity index is 766. The van der Waals surface area contributed by atoms with Crippen molar-refractivity contribution in [1.29, 1.82) is 0 Å². The van der Waals surface area contributed by atoms with E-state index in [1.165, 1.54) is 12.2 Å². The fourth-order valence-electron chi connectivity index (χ4n) is 2.71. The molecule has 0 aromatic heterocycles. The lowest BCUT2D eigenvalue weighted by molar-refractivity contribution is -1.92. The molecule has 162 valence electrons. The van der Waals surface area contributed by atoms with Crippen molar-refractivity contribution >= 4 is 23.5 Å². The van der Waals surface area contributed by atoms with Crippen molar-refractivity contribution in [3.8, 4) is 0 Å². The minimum absolute atomic E-state index is 0.872. The minimum atomic E-state index is -4.55. The van der Waals surface area contributed by atoms with Crippen LogP contribution in [0.5, 0.6) is 0 Å². The molecule has 0 aliphatic rings. The quantitative estimate of drug-likeness (QED) is 0.567. The fourth-order valence-corrected chi connectivity index (χ4v) is 3.08. The Morgan fingerprint density at radius 2 is 1.13 bits per heavy atom. The van der Waals surface area contributed by atoms with Gasteiger partial charge in [-0.05, 0) is 61.4 Å². The van der Waals surface area contributed by atoms with Gasteiger partial charge in [-0.25, -0.2) is 0 Å². The monoisotopic (exact) mass is 432 g/mol. The summed E-state index contributed by atoms with van der Waals surface area (Å²) in [6.07, 6.45) is 5.52. The lowest BCUT2D eigenvalue weighted by Crippen LogP contribution is -2.62. The van der Waals surface area contributed by atoms with E-state index in [-0.39, 0.29) is 0 Å². The SMILES string of the molecule is CCN(C)c1ccc(C=CC(C=Cc2ccc(N(C)CC)cc2)O[Cl+3]([O-])([O-])[O-])cc1. The van der Waals surface area contributed by atoms with Crippen LogP contribution in [-0.2, 0) is 4.29 Å². The van der Waals surface area contributed by atoms with Crippen molar-refractivity contribution < 1.29 is 28.5 Å². The first-order valence-corrected chi connectivity index (χ1v) is 11.0. The van der Waals surface area contributed by atoms with Crippen molar-refractivity contribution in [2.24, 2.45) is 0 Å². The van der Waals surface area contributed by atoms with E-state index in [0.717, 1.165) is 35.6 Å². The highest BCUT2D eigenvalue weighted by Crippen LogP contribution is 2.17. The molecule has 0 saturated carbocycles. The van der Waals surface area contributed by atoms with Crippen molar-refractivity contribution in [3.63, 3.8) is 0 Å². The molecule has 30 heavy (non-hydrogen) atoms. The van der Waals surface area contributed by atoms with E-state index in [0.29, 0.717) is 0 Å². The lowest BCUT2D eigenvalue weighted by Gasteiger charge is -2.17. The molecule has 6 nitrogen and oxygen atoms in total. The Balaban J connectivity index is 2.13. The molecule has 0 spiro atoms. The highest BCUT2D eigenvalue weighted by atomic mass is 35.7. The second-order valence-electron chi connectivity index (χ2n) is 6.86. The summed E-state index contributed by atoms with van der Waals surface area (Å²) in [6, 6.07) is 15.6. The molecule has 0 fully saturated rings. The van der Waals surface area contributed by atoms with E-state index in [9.17, 15) is 14.0 Å². The van der Waals surface area contributed by atoms with E-state index in [1.54, 1.807) is 12.2 Å². The summed E-state index contributed by atoms with van der Waals surface area (Å²) in [5, 5.41) is 0. The predicted octanol–water partition coefficient (Wildman–Crippen LogP) is 1.61. The summed E-state index contributed by atoms with van der Waals surface area (Å²) in [6.45, 7) is 5.93. The summed E-state index contributed by atoms with van der Waals surface area (Å²) in [4.78, 5) is 4.21. The summed E-state index contributed by atoms with van der Waals surface area (Å²) in [5.74, 6) is 0. The van der Waals surface area contributed by atoms with Crippen LogP contribution in [0.2, 0.25) is 0 Å². The van der Waals surface area contributed by atoms with Gasteiger partial charge < -0.3 is 9.80 Å². The number of rotatable bonds is 10. The highest BCUT2D eigenvalue weighted by molar-refractivity contribution is 5.58. The standard InChI is InChI=1S/C23H29ClN2O4/c1-5-25(3)21-13-7-19(8-14-21)11-17-23(30-24(27,28)29)18-12-20-9-15-22(16-10-20)26(4)6-2/h7-18,23H,5-6H2,1-4H3. The van der Waals surface area contributed by atoms with Gasteiger partial charge in [0, 0.05) is 38.6 Å². The normalized spacial score (nSPS) is 13.2. The Hall–Kier alpha value is -2.35. The number of hydrogen-bond donors (Lipinski definition) is 0. The fraction of sp³-hybridized carbons (Fsp3) is 0.304. The zero-order valence-electron chi connectivity index (χ0n) is 17.8. The van der Waals surface area contributed by atoms with E-state index in [2.05, 4.69) is 27.9 Å². The van der Waals surface area contributed by atoms with Gasteiger partial charge in [0.2, 0.25) is 0 Å². The molecule has 2 aromatic rings. The smallest absolute Gasteiger partial charge is 0.251 e. The Morgan fingerprint density at radius 3 is 1.43 bits per heavy atom. The van der Waals surface area contributed by atoms with Crippen LogP contribution in [-0.4, -0.2) is 33.3 Å². The van der Waals surface area contributed by atoms with Gasteiger partial charge in [0.15, 0.2) is 0 Å². The summed E-state index contributed by atoms with van der Waals surface area (Å²) >= 11 is 0. The van der Waals surface area contributed by atoms with Crippen LogP contribution in [0.15, 0.2) is 60.7 Å². The maximum absolute atomic E-state index is 11.1. The third kappa shape index (κ3) is 7.82. The highest BCUT2D eigenvalue weighted by Gasteiger charge is 2.24. The van der Waals surface area contributed by atoms with E-state index in [4.69, 9.17) is 0 Å². The molecule has 2 aromatic carbocycles. The lowest BCUT2D eigenvalue weighted by atomic mass is 10.1. The molecular formula is C23H29ClN2O4. The molecule has 0 N–H and O–H groups in total. The van der Waals surface area contributed by atoms with E-state index >= 15 is 0 Å². The van der Waals surface area contributed by atoms with Crippen LogP contribution in [0.4, 0.5) is 11.4 Å². The predicted molar refractivity (Wildman–Crippen MR) is 114 cm³/mol.